The zero-order chi connectivity index (χ0) is 19.7. The van der Waals surface area contributed by atoms with Crippen molar-refractivity contribution in [3.8, 4) is 11.1 Å². The van der Waals surface area contributed by atoms with Crippen molar-refractivity contribution < 1.29 is 0 Å². The van der Waals surface area contributed by atoms with Crippen LogP contribution in [0.1, 0.15) is 18.7 Å². The molecule has 4 N–H and O–H groups in total. The number of nitrogens with zero attached hydrogens (tertiary/aromatic N) is 3. The van der Waals surface area contributed by atoms with Gasteiger partial charge in [-0.05, 0) is 42.1 Å². The van der Waals surface area contributed by atoms with E-state index in [2.05, 4.69) is 25.3 Å². The fourth-order valence-electron chi connectivity index (χ4n) is 3.06. The highest BCUT2D eigenvalue weighted by atomic mass is 35.5. The molecule has 0 saturated heterocycles. The van der Waals surface area contributed by atoms with E-state index in [1.54, 1.807) is 24.7 Å². The van der Waals surface area contributed by atoms with Crippen LogP contribution in [0.15, 0.2) is 59.8 Å². The number of hydrogen-bond donors (Lipinski definition) is 3. The molecule has 1 aromatic carbocycles. The summed E-state index contributed by atoms with van der Waals surface area (Å²) in [4.78, 5) is 27.9. The van der Waals surface area contributed by atoms with Crippen LogP contribution in [-0.4, -0.2) is 19.9 Å². The molecular formula is C20H17ClN6O. The Morgan fingerprint density at radius 3 is 2.79 bits per heavy atom. The van der Waals surface area contributed by atoms with Gasteiger partial charge in [0.2, 0.25) is 5.95 Å². The lowest BCUT2D eigenvalue weighted by atomic mass is 10.1. The third-order valence-electron chi connectivity index (χ3n) is 4.46. The Kier molecular flexibility index (Phi) is 4.67. The van der Waals surface area contributed by atoms with Crippen LogP contribution in [0.2, 0.25) is 5.02 Å². The van der Waals surface area contributed by atoms with Crippen LogP contribution in [0.25, 0.3) is 21.9 Å². The van der Waals surface area contributed by atoms with Gasteiger partial charge in [-0.25, -0.2) is 4.98 Å². The summed E-state index contributed by atoms with van der Waals surface area (Å²) in [5, 5.41) is 4.99. The molecule has 0 bridgehead atoms. The lowest BCUT2D eigenvalue weighted by Gasteiger charge is -2.18. The van der Waals surface area contributed by atoms with Gasteiger partial charge in [-0.1, -0.05) is 23.7 Å². The van der Waals surface area contributed by atoms with E-state index in [1.165, 1.54) is 0 Å². The third kappa shape index (κ3) is 3.39. The molecule has 0 amide bonds. The minimum Gasteiger partial charge on any atom is -0.368 e. The average Bonchev–Trinajstić information content (AvgIpc) is 2.68. The number of benzene rings is 1. The average molecular weight is 393 g/mol. The van der Waals surface area contributed by atoms with Crippen LogP contribution in [0, 0.1) is 0 Å². The van der Waals surface area contributed by atoms with Crippen LogP contribution in [0.4, 0.5) is 11.8 Å². The van der Waals surface area contributed by atoms with Crippen molar-refractivity contribution in [1.82, 2.24) is 19.9 Å². The van der Waals surface area contributed by atoms with Gasteiger partial charge in [-0.2, -0.15) is 4.98 Å². The van der Waals surface area contributed by atoms with Gasteiger partial charge >= 0.3 is 0 Å². The van der Waals surface area contributed by atoms with E-state index in [9.17, 15) is 4.79 Å². The minimum absolute atomic E-state index is 0.159. The zero-order valence-electron chi connectivity index (χ0n) is 15.0. The van der Waals surface area contributed by atoms with E-state index in [0.29, 0.717) is 21.9 Å². The summed E-state index contributed by atoms with van der Waals surface area (Å²) in [5.41, 5.74) is 7.95. The Labute approximate surface area is 165 Å². The van der Waals surface area contributed by atoms with Crippen LogP contribution in [0.3, 0.4) is 0 Å². The molecule has 140 valence electrons. The highest BCUT2D eigenvalue weighted by Crippen LogP contribution is 2.29. The van der Waals surface area contributed by atoms with Crippen molar-refractivity contribution in [3.63, 3.8) is 0 Å². The number of hydrogen-bond acceptors (Lipinski definition) is 6. The van der Waals surface area contributed by atoms with Crippen molar-refractivity contribution >= 4 is 34.1 Å². The van der Waals surface area contributed by atoms with Gasteiger partial charge in [0.15, 0.2) is 0 Å². The summed E-state index contributed by atoms with van der Waals surface area (Å²) in [6.45, 7) is 1.93. The van der Waals surface area contributed by atoms with Crippen LogP contribution < -0.4 is 16.6 Å². The molecule has 0 saturated carbocycles. The lowest BCUT2D eigenvalue weighted by Crippen LogP contribution is -2.17. The molecule has 0 fully saturated rings. The number of H-pyrrole nitrogens is 1. The molecule has 0 spiro atoms. The molecule has 8 heteroatoms. The molecule has 1 unspecified atom stereocenters. The van der Waals surface area contributed by atoms with Crippen LogP contribution in [0.5, 0.6) is 0 Å². The van der Waals surface area contributed by atoms with Gasteiger partial charge < -0.3 is 16.0 Å². The Balaban J connectivity index is 1.73. The summed E-state index contributed by atoms with van der Waals surface area (Å²) in [6.07, 6.45) is 5.06. The number of nitrogens with two attached hydrogens (primary N) is 1. The molecule has 4 rings (SSSR count). The standard InChI is InChI=1S/C20H17ClN6O/c1-11(16-9-13-3-2-4-15(21)17(13)19(28)26-16)25-18-14(10-24-20(22)27-18)12-5-7-23-8-6-12/h2-11H,1H3,(H,26,28)(H3,22,24,25,27). The molecule has 0 aliphatic heterocycles. The Bertz CT molecular complexity index is 1210. The van der Waals surface area contributed by atoms with Crippen molar-refractivity contribution in [1.29, 1.82) is 0 Å². The maximum Gasteiger partial charge on any atom is 0.257 e. The second-order valence-electron chi connectivity index (χ2n) is 6.35. The summed E-state index contributed by atoms with van der Waals surface area (Å²) in [5.74, 6) is 0.726. The second-order valence-corrected chi connectivity index (χ2v) is 6.76. The fraction of sp³-hybridized carbons (Fsp3) is 0.100. The monoisotopic (exact) mass is 392 g/mol. The van der Waals surface area contributed by atoms with E-state index in [-0.39, 0.29) is 17.5 Å². The van der Waals surface area contributed by atoms with Gasteiger partial charge in [0, 0.05) is 29.8 Å². The molecule has 3 aromatic heterocycles. The Hall–Kier alpha value is -3.45. The van der Waals surface area contributed by atoms with Crippen molar-refractivity contribution in [2.75, 3.05) is 11.1 Å². The molecule has 7 nitrogen and oxygen atoms in total. The topological polar surface area (TPSA) is 110 Å². The first-order valence-corrected chi connectivity index (χ1v) is 9.01. The number of fused-ring (bicyclic) bond motifs is 1. The highest BCUT2D eigenvalue weighted by molar-refractivity contribution is 6.35. The molecule has 0 radical (unpaired) electrons. The summed E-state index contributed by atoms with van der Waals surface area (Å²) < 4.78 is 0. The van der Waals surface area contributed by atoms with Crippen molar-refractivity contribution in [2.24, 2.45) is 0 Å². The van der Waals surface area contributed by atoms with Crippen molar-refractivity contribution in [3.05, 3.63) is 76.1 Å². The number of halogens is 1. The highest BCUT2D eigenvalue weighted by Gasteiger charge is 2.15. The number of pyridine rings is 2. The fourth-order valence-corrected chi connectivity index (χ4v) is 3.33. The van der Waals surface area contributed by atoms with E-state index >= 15 is 0 Å². The van der Waals surface area contributed by atoms with Gasteiger partial charge in [0.05, 0.1) is 16.5 Å². The summed E-state index contributed by atoms with van der Waals surface area (Å²) >= 11 is 6.16. The molecule has 3 heterocycles. The number of nitrogen functional groups attached to an aromatic ring is 1. The third-order valence-corrected chi connectivity index (χ3v) is 4.78. The molecule has 1 atom stereocenters. The maximum atomic E-state index is 12.5. The minimum atomic E-state index is -0.244. The summed E-state index contributed by atoms with van der Waals surface area (Å²) in [7, 11) is 0. The maximum absolute atomic E-state index is 12.5. The smallest absolute Gasteiger partial charge is 0.257 e. The Morgan fingerprint density at radius 2 is 2.00 bits per heavy atom. The number of aromatic nitrogens is 4. The number of aromatic amines is 1. The van der Waals surface area contributed by atoms with E-state index in [1.807, 2.05) is 37.3 Å². The van der Waals surface area contributed by atoms with Gasteiger partial charge in [0.1, 0.15) is 5.82 Å². The second kappa shape index (κ2) is 7.28. The first-order chi connectivity index (χ1) is 13.5. The first kappa shape index (κ1) is 17.9. The quantitative estimate of drug-likeness (QED) is 0.487. The Morgan fingerprint density at radius 1 is 1.21 bits per heavy atom. The molecular weight excluding hydrogens is 376 g/mol. The SMILES string of the molecule is CC(Nc1nc(N)ncc1-c1ccncc1)c1cc2cccc(Cl)c2c(=O)[nH]1. The largest absolute Gasteiger partial charge is 0.368 e. The van der Waals surface area contributed by atoms with Crippen LogP contribution >= 0.6 is 11.6 Å². The molecule has 0 aliphatic rings. The van der Waals surface area contributed by atoms with E-state index < -0.39 is 0 Å². The summed E-state index contributed by atoms with van der Waals surface area (Å²) in [6, 6.07) is 10.8. The predicted octanol–water partition coefficient (Wildman–Crippen LogP) is 3.79. The zero-order valence-corrected chi connectivity index (χ0v) is 15.7. The number of anilines is 2. The number of rotatable bonds is 4. The van der Waals surface area contributed by atoms with Gasteiger partial charge in [0.25, 0.3) is 5.56 Å². The van der Waals surface area contributed by atoms with Gasteiger partial charge in [-0.3, -0.25) is 9.78 Å². The first-order valence-electron chi connectivity index (χ1n) is 8.64. The predicted molar refractivity (Wildman–Crippen MR) is 111 cm³/mol. The van der Waals surface area contributed by atoms with Crippen molar-refractivity contribution in [2.45, 2.75) is 13.0 Å². The van der Waals surface area contributed by atoms with E-state index in [0.717, 1.165) is 16.5 Å². The van der Waals surface area contributed by atoms with Crippen LogP contribution in [-0.2, 0) is 0 Å². The van der Waals surface area contributed by atoms with E-state index in [4.69, 9.17) is 17.3 Å². The van der Waals surface area contributed by atoms with Gasteiger partial charge in [-0.15, -0.1) is 0 Å². The number of nitrogens with one attached hydrogen (secondary N) is 2. The normalized spacial score (nSPS) is 12.1. The molecule has 28 heavy (non-hydrogen) atoms. The lowest BCUT2D eigenvalue weighted by molar-refractivity contribution is 0.829. The molecule has 0 aliphatic carbocycles. The molecule has 4 aromatic rings.